The molecule has 0 radical (unpaired) electrons. The first kappa shape index (κ1) is 26.9. The van der Waals surface area contributed by atoms with E-state index >= 15 is 0 Å². The molecule has 2 heteroatoms. The number of hydrogen-bond acceptors (Lipinski definition) is 0. The van der Waals surface area contributed by atoms with Crippen LogP contribution in [-0.4, -0.2) is 30.7 Å². The fourth-order valence-electron chi connectivity index (χ4n) is 3.79. The molecule has 0 fully saturated rings. The maximum Gasteiger partial charge on any atom is 0.0786 e. The lowest BCUT2D eigenvalue weighted by Crippen LogP contribution is -3.00. The van der Waals surface area contributed by atoms with Crippen LogP contribution in [0.4, 0.5) is 0 Å². The Hall–Kier alpha value is 0.690. The highest BCUT2D eigenvalue weighted by molar-refractivity contribution is 4.52. The molecule has 0 N–H and O–H groups in total. The molecule has 148 valence electrons. The molecule has 0 aliphatic rings. The second kappa shape index (κ2) is 20.0. The van der Waals surface area contributed by atoms with Gasteiger partial charge in [0.1, 0.15) is 0 Å². The predicted octanol–water partition coefficient (Wildman–Crippen LogP) is 4.35. The molecule has 24 heavy (non-hydrogen) atoms. The standard InChI is InChI=1S/C22H48N.HI/c1-5-9-13-16-20-23(19-12-8-4,21-17-14-10-6-2)22-18-15-11-7-3;/h5-22H2,1-4H3;1H/q+1;/p-1. The zero-order valence-corrected chi connectivity index (χ0v) is 19.7. The Kier molecular flexibility index (Phi) is 22.4. The highest BCUT2D eigenvalue weighted by Crippen LogP contribution is 2.18. The van der Waals surface area contributed by atoms with Crippen molar-refractivity contribution in [1.82, 2.24) is 0 Å². The van der Waals surface area contributed by atoms with Gasteiger partial charge in [-0.15, -0.1) is 0 Å². The van der Waals surface area contributed by atoms with Crippen LogP contribution in [0.3, 0.4) is 0 Å². The zero-order chi connectivity index (χ0) is 17.2. The molecule has 0 spiro atoms. The molecule has 0 rings (SSSR count). The van der Waals surface area contributed by atoms with Crippen LogP contribution < -0.4 is 24.0 Å². The molecule has 0 unspecified atom stereocenters. The van der Waals surface area contributed by atoms with Crippen LogP contribution in [0.25, 0.3) is 0 Å². The maximum absolute atomic E-state index is 2.36. The Labute approximate surface area is 172 Å². The van der Waals surface area contributed by atoms with Crippen molar-refractivity contribution in [2.45, 2.75) is 118 Å². The van der Waals surface area contributed by atoms with Gasteiger partial charge < -0.3 is 28.5 Å². The van der Waals surface area contributed by atoms with Crippen molar-refractivity contribution in [2.24, 2.45) is 0 Å². The van der Waals surface area contributed by atoms with Gasteiger partial charge in [0.25, 0.3) is 0 Å². The van der Waals surface area contributed by atoms with Crippen LogP contribution in [0.5, 0.6) is 0 Å². The van der Waals surface area contributed by atoms with Crippen LogP contribution in [0, 0.1) is 0 Å². The second-order valence-electron chi connectivity index (χ2n) is 7.77. The summed E-state index contributed by atoms with van der Waals surface area (Å²) < 4.78 is 1.45. The van der Waals surface area contributed by atoms with Crippen molar-refractivity contribution in [2.75, 3.05) is 26.2 Å². The van der Waals surface area contributed by atoms with E-state index in [0.29, 0.717) is 0 Å². The molecule has 0 bridgehead atoms. The lowest BCUT2D eigenvalue weighted by Gasteiger charge is -2.39. The highest BCUT2D eigenvalue weighted by Gasteiger charge is 2.25. The molecule has 0 amide bonds. The normalized spacial score (nSPS) is 11.5. The van der Waals surface area contributed by atoms with Gasteiger partial charge in [-0.2, -0.15) is 0 Å². The maximum atomic E-state index is 2.36. The van der Waals surface area contributed by atoms with Crippen LogP contribution in [0.1, 0.15) is 118 Å². The minimum Gasteiger partial charge on any atom is -1.00 e. The molecule has 0 aromatic heterocycles. The number of nitrogens with zero attached hydrogens (tertiary/aromatic N) is 1. The van der Waals surface area contributed by atoms with Gasteiger partial charge in [0.2, 0.25) is 0 Å². The molecule has 0 saturated carbocycles. The Morgan fingerprint density at radius 3 is 0.958 bits per heavy atom. The lowest BCUT2D eigenvalue weighted by atomic mass is 10.1. The van der Waals surface area contributed by atoms with E-state index in [1.807, 2.05) is 0 Å². The minimum atomic E-state index is 0. The molecule has 0 aliphatic carbocycles. The van der Waals surface area contributed by atoms with Crippen LogP contribution >= 0.6 is 0 Å². The molecule has 0 saturated heterocycles. The Morgan fingerprint density at radius 1 is 0.375 bits per heavy atom. The van der Waals surface area contributed by atoms with Gasteiger partial charge in [0, 0.05) is 0 Å². The van der Waals surface area contributed by atoms with Crippen LogP contribution in [0.2, 0.25) is 0 Å². The third kappa shape index (κ3) is 15.0. The summed E-state index contributed by atoms with van der Waals surface area (Å²) in [6.45, 7) is 15.2. The van der Waals surface area contributed by atoms with Crippen molar-refractivity contribution in [3.05, 3.63) is 0 Å². The van der Waals surface area contributed by atoms with Crippen molar-refractivity contribution < 1.29 is 28.5 Å². The van der Waals surface area contributed by atoms with Crippen molar-refractivity contribution >= 4 is 0 Å². The van der Waals surface area contributed by atoms with E-state index in [1.165, 1.54) is 121 Å². The molecular formula is C22H48IN. The third-order valence-corrected chi connectivity index (χ3v) is 5.44. The van der Waals surface area contributed by atoms with Gasteiger partial charge >= 0.3 is 0 Å². The van der Waals surface area contributed by atoms with Crippen LogP contribution in [-0.2, 0) is 0 Å². The van der Waals surface area contributed by atoms with Gasteiger partial charge in [-0.1, -0.05) is 72.6 Å². The van der Waals surface area contributed by atoms with E-state index < -0.39 is 0 Å². The summed E-state index contributed by atoms with van der Waals surface area (Å²) in [5.41, 5.74) is 0. The summed E-state index contributed by atoms with van der Waals surface area (Å²) in [6.07, 6.45) is 19.9. The average molecular weight is 454 g/mol. The van der Waals surface area contributed by atoms with Gasteiger partial charge in [-0.25, -0.2) is 0 Å². The summed E-state index contributed by atoms with van der Waals surface area (Å²) in [6, 6.07) is 0. The Bertz CT molecular complexity index is 199. The first-order valence-corrected chi connectivity index (χ1v) is 11.1. The molecular weight excluding hydrogens is 405 g/mol. The number of halogens is 1. The summed E-state index contributed by atoms with van der Waals surface area (Å²) in [5, 5.41) is 0. The molecule has 0 atom stereocenters. The van der Waals surface area contributed by atoms with Crippen molar-refractivity contribution in [1.29, 1.82) is 0 Å². The molecule has 0 heterocycles. The van der Waals surface area contributed by atoms with E-state index in [1.54, 1.807) is 0 Å². The first-order chi connectivity index (χ1) is 11.2. The molecule has 0 aromatic carbocycles. The van der Waals surface area contributed by atoms with E-state index in [9.17, 15) is 0 Å². The number of rotatable bonds is 18. The minimum absolute atomic E-state index is 0. The van der Waals surface area contributed by atoms with Crippen molar-refractivity contribution in [3.8, 4) is 0 Å². The van der Waals surface area contributed by atoms with Gasteiger partial charge in [-0.3, -0.25) is 0 Å². The van der Waals surface area contributed by atoms with E-state index in [-0.39, 0.29) is 24.0 Å². The SMILES string of the molecule is CCCCCC[N+](CCCC)(CCCCCC)CCCCCC.[I-]. The van der Waals surface area contributed by atoms with Gasteiger partial charge in [-0.05, 0) is 44.9 Å². The Balaban J connectivity index is 0. The quantitative estimate of drug-likeness (QED) is 0.165. The topological polar surface area (TPSA) is 0 Å². The fourth-order valence-corrected chi connectivity index (χ4v) is 3.79. The summed E-state index contributed by atoms with van der Waals surface area (Å²) in [5.74, 6) is 0. The van der Waals surface area contributed by atoms with E-state index in [0.717, 1.165) is 0 Å². The monoisotopic (exact) mass is 453 g/mol. The fraction of sp³-hybridized carbons (Fsp3) is 1.00. The number of quaternary nitrogens is 1. The zero-order valence-electron chi connectivity index (χ0n) is 17.6. The smallest absolute Gasteiger partial charge is 0.0786 e. The Morgan fingerprint density at radius 2 is 0.667 bits per heavy atom. The number of hydrogen-bond donors (Lipinski definition) is 0. The van der Waals surface area contributed by atoms with Crippen LogP contribution in [0.15, 0.2) is 0 Å². The van der Waals surface area contributed by atoms with Crippen molar-refractivity contribution in [3.63, 3.8) is 0 Å². The number of unbranched alkanes of at least 4 members (excludes halogenated alkanes) is 10. The average Bonchev–Trinajstić information content (AvgIpc) is 2.57. The van der Waals surface area contributed by atoms with E-state index in [4.69, 9.17) is 0 Å². The third-order valence-electron chi connectivity index (χ3n) is 5.44. The predicted molar refractivity (Wildman–Crippen MR) is 107 cm³/mol. The molecule has 1 nitrogen and oxygen atoms in total. The summed E-state index contributed by atoms with van der Waals surface area (Å²) >= 11 is 0. The summed E-state index contributed by atoms with van der Waals surface area (Å²) in [4.78, 5) is 0. The van der Waals surface area contributed by atoms with E-state index in [2.05, 4.69) is 27.7 Å². The highest BCUT2D eigenvalue weighted by atomic mass is 127. The largest absolute Gasteiger partial charge is 1.00 e. The summed E-state index contributed by atoms with van der Waals surface area (Å²) in [7, 11) is 0. The lowest BCUT2D eigenvalue weighted by molar-refractivity contribution is -0.929. The second-order valence-corrected chi connectivity index (χ2v) is 7.77. The molecule has 0 aliphatic heterocycles. The molecule has 0 aromatic rings. The van der Waals surface area contributed by atoms with Gasteiger partial charge in [0.05, 0.1) is 26.2 Å². The van der Waals surface area contributed by atoms with Gasteiger partial charge in [0.15, 0.2) is 0 Å². The first-order valence-electron chi connectivity index (χ1n) is 11.1.